The lowest BCUT2D eigenvalue weighted by Crippen LogP contribution is -2.43. The van der Waals surface area contributed by atoms with Crippen LogP contribution in [0, 0.1) is 0 Å². The molecule has 0 aliphatic carbocycles. The van der Waals surface area contributed by atoms with Gasteiger partial charge in [0.05, 0.1) is 13.2 Å². The van der Waals surface area contributed by atoms with E-state index >= 15 is 0 Å². The van der Waals surface area contributed by atoms with E-state index in [1.54, 1.807) is 0 Å². The van der Waals surface area contributed by atoms with Gasteiger partial charge in [-0.25, -0.2) is 0 Å². The van der Waals surface area contributed by atoms with Crippen molar-refractivity contribution in [2.24, 2.45) is 5.73 Å². The van der Waals surface area contributed by atoms with Crippen LogP contribution in [0.5, 0.6) is 5.75 Å². The van der Waals surface area contributed by atoms with Crippen molar-refractivity contribution in [3.63, 3.8) is 0 Å². The molecule has 0 aromatic heterocycles. The smallest absolute Gasteiger partial charge is 0.250 e. The summed E-state index contributed by atoms with van der Waals surface area (Å²) in [7, 11) is -1.74. The number of ether oxygens (including phenoxy) is 1. The Morgan fingerprint density at radius 3 is 2.16 bits per heavy atom. The summed E-state index contributed by atoms with van der Waals surface area (Å²) in [5, 5.41) is 0.218. The van der Waals surface area contributed by atoms with E-state index in [4.69, 9.17) is 14.9 Å². The molecule has 0 saturated carbocycles. The number of benzene rings is 1. The van der Waals surface area contributed by atoms with Gasteiger partial charge in [-0.15, -0.1) is 0 Å². The third-order valence-corrected chi connectivity index (χ3v) is 7.99. The van der Waals surface area contributed by atoms with Crippen LogP contribution in [0.1, 0.15) is 26.3 Å². The highest BCUT2D eigenvalue weighted by atomic mass is 28.4. The molecule has 0 aliphatic rings. The maximum atomic E-state index is 6.22. The molecule has 0 atom stereocenters. The van der Waals surface area contributed by atoms with Crippen LogP contribution in [0.25, 0.3) is 0 Å². The maximum Gasteiger partial charge on any atom is 0.250 e. The Kier molecular flexibility index (Phi) is 5.59. The highest BCUT2D eigenvalue weighted by Crippen LogP contribution is 2.37. The van der Waals surface area contributed by atoms with Gasteiger partial charge < -0.3 is 14.9 Å². The van der Waals surface area contributed by atoms with Crippen LogP contribution in [0.4, 0.5) is 0 Å². The zero-order valence-corrected chi connectivity index (χ0v) is 13.8. The van der Waals surface area contributed by atoms with E-state index in [2.05, 4.69) is 46.0 Å². The Balaban J connectivity index is 2.62. The Morgan fingerprint density at radius 1 is 1.11 bits per heavy atom. The summed E-state index contributed by atoms with van der Waals surface area (Å²) in [6.07, 6.45) is 0. The zero-order valence-electron chi connectivity index (χ0n) is 12.8. The fourth-order valence-electron chi connectivity index (χ4n) is 1.37. The molecule has 0 bridgehead atoms. The Bertz CT molecular complexity index is 382. The lowest BCUT2D eigenvalue weighted by atomic mass is 10.2. The van der Waals surface area contributed by atoms with E-state index in [1.165, 1.54) is 0 Å². The van der Waals surface area contributed by atoms with E-state index in [9.17, 15) is 0 Å². The molecule has 3 nitrogen and oxygen atoms in total. The molecule has 2 N–H and O–H groups in total. The van der Waals surface area contributed by atoms with Crippen LogP contribution < -0.4 is 10.2 Å². The van der Waals surface area contributed by atoms with E-state index in [0.717, 1.165) is 11.3 Å². The van der Waals surface area contributed by atoms with Crippen molar-refractivity contribution in [1.82, 2.24) is 0 Å². The van der Waals surface area contributed by atoms with Gasteiger partial charge in [0.15, 0.2) is 0 Å². The molecule has 0 spiro atoms. The number of rotatable bonds is 6. The van der Waals surface area contributed by atoms with Crippen LogP contribution in [0.2, 0.25) is 18.1 Å². The summed E-state index contributed by atoms with van der Waals surface area (Å²) in [5.41, 5.74) is 6.54. The predicted octanol–water partition coefficient (Wildman–Crippen LogP) is 3.55. The first-order valence-corrected chi connectivity index (χ1v) is 9.73. The molecule has 19 heavy (non-hydrogen) atoms. The summed E-state index contributed by atoms with van der Waals surface area (Å²) >= 11 is 0. The third-order valence-electron chi connectivity index (χ3n) is 3.63. The van der Waals surface area contributed by atoms with Crippen LogP contribution in [-0.4, -0.2) is 21.5 Å². The zero-order chi connectivity index (χ0) is 14.5. The minimum absolute atomic E-state index is 0.218. The van der Waals surface area contributed by atoms with Crippen LogP contribution in [0.3, 0.4) is 0 Å². The van der Waals surface area contributed by atoms with Crippen molar-refractivity contribution in [2.75, 3.05) is 13.2 Å². The molecule has 0 radical (unpaired) electrons. The van der Waals surface area contributed by atoms with Crippen LogP contribution >= 0.6 is 0 Å². The molecule has 0 heterocycles. The molecule has 0 amide bonds. The van der Waals surface area contributed by atoms with E-state index < -0.39 is 8.32 Å². The summed E-state index contributed by atoms with van der Waals surface area (Å²) in [4.78, 5) is 0. The molecule has 0 saturated heterocycles. The van der Waals surface area contributed by atoms with E-state index in [0.29, 0.717) is 19.8 Å². The summed E-state index contributed by atoms with van der Waals surface area (Å²) in [6.45, 7) is 13.0. The van der Waals surface area contributed by atoms with Gasteiger partial charge in [0.2, 0.25) is 8.32 Å². The van der Waals surface area contributed by atoms with Crippen molar-refractivity contribution in [1.29, 1.82) is 0 Å². The minimum atomic E-state index is -1.74. The largest absolute Gasteiger partial charge is 0.544 e. The van der Waals surface area contributed by atoms with Crippen molar-refractivity contribution < 1.29 is 9.16 Å². The second-order valence-corrected chi connectivity index (χ2v) is 11.1. The summed E-state index contributed by atoms with van der Waals surface area (Å²) in [6, 6.07) is 8.17. The van der Waals surface area contributed by atoms with Crippen LogP contribution in [0.15, 0.2) is 24.3 Å². The highest BCUT2D eigenvalue weighted by molar-refractivity contribution is 6.74. The second kappa shape index (κ2) is 6.55. The summed E-state index contributed by atoms with van der Waals surface area (Å²) in [5.74, 6) is 0.953. The average molecular weight is 281 g/mol. The van der Waals surface area contributed by atoms with E-state index in [-0.39, 0.29) is 5.04 Å². The molecule has 4 heteroatoms. The molecule has 0 unspecified atom stereocenters. The Morgan fingerprint density at radius 2 is 1.68 bits per heavy atom. The molecular formula is C15H27NO2Si. The third kappa shape index (κ3) is 4.97. The van der Waals surface area contributed by atoms with Gasteiger partial charge >= 0.3 is 0 Å². The molecule has 0 fully saturated rings. The van der Waals surface area contributed by atoms with Crippen LogP contribution in [-0.2, 0) is 11.3 Å². The SMILES string of the molecule is CC(C)(C)[Si](C)(C)Oc1ccc(COCCN)cc1. The lowest BCUT2D eigenvalue weighted by Gasteiger charge is -2.36. The molecule has 1 aromatic carbocycles. The number of nitrogens with two attached hydrogens (primary N) is 1. The first-order valence-electron chi connectivity index (χ1n) is 6.82. The van der Waals surface area contributed by atoms with E-state index in [1.807, 2.05) is 12.1 Å². The van der Waals surface area contributed by atoms with Gasteiger partial charge in [0.1, 0.15) is 5.75 Å². The predicted molar refractivity (Wildman–Crippen MR) is 83.0 cm³/mol. The Hall–Kier alpha value is -0.843. The van der Waals surface area contributed by atoms with Crippen molar-refractivity contribution in [2.45, 2.75) is 45.5 Å². The van der Waals surface area contributed by atoms with Gasteiger partial charge in [-0.2, -0.15) is 0 Å². The number of hydrogen-bond acceptors (Lipinski definition) is 3. The molecule has 108 valence electrons. The van der Waals surface area contributed by atoms with Crippen molar-refractivity contribution >= 4 is 8.32 Å². The Labute approximate surface area is 118 Å². The van der Waals surface area contributed by atoms with Gasteiger partial charge in [0.25, 0.3) is 0 Å². The lowest BCUT2D eigenvalue weighted by molar-refractivity contribution is 0.128. The first kappa shape index (κ1) is 16.2. The molecular weight excluding hydrogens is 254 g/mol. The fourth-order valence-corrected chi connectivity index (χ4v) is 2.41. The van der Waals surface area contributed by atoms with Gasteiger partial charge in [-0.1, -0.05) is 32.9 Å². The topological polar surface area (TPSA) is 44.5 Å². The second-order valence-electron chi connectivity index (χ2n) is 6.35. The minimum Gasteiger partial charge on any atom is -0.544 e. The van der Waals surface area contributed by atoms with Crippen molar-refractivity contribution in [3.8, 4) is 5.75 Å². The van der Waals surface area contributed by atoms with Gasteiger partial charge in [-0.05, 0) is 35.8 Å². The monoisotopic (exact) mass is 281 g/mol. The molecule has 0 aliphatic heterocycles. The average Bonchev–Trinajstić information content (AvgIpc) is 2.30. The number of hydrogen-bond donors (Lipinski definition) is 1. The quantitative estimate of drug-likeness (QED) is 0.640. The molecule has 1 aromatic rings. The normalized spacial score (nSPS) is 12.5. The standard InChI is InChI=1S/C15H27NO2Si/c1-15(2,3)19(4,5)18-14-8-6-13(7-9-14)12-17-11-10-16/h6-9H,10-12,16H2,1-5H3. The highest BCUT2D eigenvalue weighted by Gasteiger charge is 2.38. The summed E-state index contributed by atoms with van der Waals surface area (Å²) < 4.78 is 11.6. The van der Waals surface area contributed by atoms with Crippen molar-refractivity contribution in [3.05, 3.63) is 29.8 Å². The fraction of sp³-hybridized carbons (Fsp3) is 0.600. The van der Waals surface area contributed by atoms with Gasteiger partial charge in [0, 0.05) is 6.54 Å². The van der Waals surface area contributed by atoms with Gasteiger partial charge in [-0.3, -0.25) is 0 Å². The maximum absolute atomic E-state index is 6.22. The first-order chi connectivity index (χ1) is 8.76. The molecule has 1 rings (SSSR count).